The minimum Gasteiger partial charge on any atom is -0.385 e. The molecular weight excluding hydrogens is 396 g/mol. The maximum absolute atomic E-state index is 12.1. The molecule has 2 aromatic carbocycles. The van der Waals surface area contributed by atoms with Gasteiger partial charge in [-0.1, -0.05) is 50.6 Å². The number of aromatic nitrogens is 3. The molecule has 0 aliphatic carbocycles. The van der Waals surface area contributed by atoms with Gasteiger partial charge in [-0.05, 0) is 42.0 Å². The van der Waals surface area contributed by atoms with Crippen molar-refractivity contribution in [2.75, 3.05) is 6.61 Å². The molecule has 0 aliphatic rings. The first-order valence-corrected chi connectivity index (χ1v) is 8.40. The molecule has 1 aromatic heterocycles. The lowest BCUT2D eigenvalue weighted by Gasteiger charge is -2.15. The lowest BCUT2D eigenvalue weighted by Crippen LogP contribution is -2.34. The van der Waals surface area contributed by atoms with Gasteiger partial charge in [0.1, 0.15) is 11.0 Å². The number of hydrogen-bond acceptors (Lipinski definition) is 4. The van der Waals surface area contributed by atoms with Crippen LogP contribution in [0.25, 0.3) is 11.0 Å². The molecule has 0 saturated carbocycles. The van der Waals surface area contributed by atoms with Crippen molar-refractivity contribution in [3.63, 3.8) is 0 Å². The molecule has 3 aromatic rings. The number of nitrogens with one attached hydrogen (secondary N) is 1. The fourth-order valence-electron chi connectivity index (χ4n) is 2.27. The zero-order valence-corrected chi connectivity index (χ0v) is 15.1. The minimum absolute atomic E-state index is 0.154. The summed E-state index contributed by atoms with van der Waals surface area (Å²) in [6.45, 7) is 1.72. The van der Waals surface area contributed by atoms with Crippen molar-refractivity contribution in [3.8, 4) is 0 Å². The average molecular weight is 410 g/mol. The lowest BCUT2D eigenvalue weighted by molar-refractivity contribution is -0.127. The van der Waals surface area contributed by atoms with E-state index in [4.69, 9.17) is 16.4 Å². The summed E-state index contributed by atoms with van der Waals surface area (Å²) < 4.78 is 0.940. The van der Waals surface area contributed by atoms with Crippen LogP contribution in [-0.2, 0) is 4.79 Å². The third-order valence-electron chi connectivity index (χ3n) is 3.44. The van der Waals surface area contributed by atoms with E-state index in [0.29, 0.717) is 16.1 Å². The van der Waals surface area contributed by atoms with E-state index in [9.17, 15) is 4.79 Å². The predicted octanol–water partition coefficient (Wildman–Crippen LogP) is 3.15. The van der Waals surface area contributed by atoms with Gasteiger partial charge in [-0.2, -0.15) is 0 Å². The Morgan fingerprint density at radius 2 is 2.17 bits per heavy atom. The number of rotatable bonds is 5. The third-order valence-corrected chi connectivity index (χ3v) is 4.40. The molecule has 124 valence electrons. The van der Waals surface area contributed by atoms with Gasteiger partial charge in [0.25, 0.3) is 5.91 Å². The SMILES string of the molecule is C[C@@H](NC(=O)COn1nnc2ccc(Cl)cc21)c1ccccc1Br. The smallest absolute Gasteiger partial charge is 0.261 e. The summed E-state index contributed by atoms with van der Waals surface area (Å²) in [5.41, 5.74) is 2.24. The van der Waals surface area contributed by atoms with Crippen LogP contribution in [0, 0.1) is 0 Å². The zero-order valence-electron chi connectivity index (χ0n) is 12.7. The number of hydrogen-bond donors (Lipinski definition) is 1. The molecule has 24 heavy (non-hydrogen) atoms. The molecular formula is C16H14BrClN4O2. The van der Waals surface area contributed by atoms with Gasteiger partial charge in [0, 0.05) is 9.50 Å². The summed E-state index contributed by atoms with van der Waals surface area (Å²) in [6.07, 6.45) is 0. The highest BCUT2D eigenvalue weighted by atomic mass is 79.9. The maximum atomic E-state index is 12.1. The van der Waals surface area contributed by atoms with Crippen LogP contribution in [0.1, 0.15) is 18.5 Å². The molecule has 0 saturated heterocycles. The zero-order chi connectivity index (χ0) is 17.1. The van der Waals surface area contributed by atoms with Gasteiger partial charge < -0.3 is 10.2 Å². The largest absolute Gasteiger partial charge is 0.385 e. The Bertz CT molecular complexity index is 883. The molecule has 1 heterocycles. The summed E-state index contributed by atoms with van der Waals surface area (Å²) >= 11 is 9.43. The number of fused-ring (bicyclic) bond motifs is 1. The first-order chi connectivity index (χ1) is 11.5. The highest BCUT2D eigenvalue weighted by Gasteiger charge is 2.13. The number of benzene rings is 2. The number of carbonyl (C=O) groups is 1. The van der Waals surface area contributed by atoms with Gasteiger partial charge in [0.15, 0.2) is 6.61 Å². The van der Waals surface area contributed by atoms with Gasteiger partial charge in [-0.25, -0.2) is 0 Å². The van der Waals surface area contributed by atoms with Crippen molar-refractivity contribution < 1.29 is 9.63 Å². The molecule has 1 amide bonds. The van der Waals surface area contributed by atoms with Crippen molar-refractivity contribution >= 4 is 44.5 Å². The standard InChI is InChI=1S/C16H14BrClN4O2/c1-10(12-4-2-3-5-13(12)17)19-16(23)9-24-22-15-8-11(18)6-7-14(15)20-21-22/h2-8,10H,9H2,1H3,(H,19,23)/t10-/m1/s1. The Morgan fingerprint density at radius 1 is 1.38 bits per heavy atom. The molecule has 0 unspecified atom stereocenters. The first kappa shape index (κ1) is 16.7. The number of halogens is 2. The van der Waals surface area contributed by atoms with Crippen molar-refractivity contribution in [2.45, 2.75) is 13.0 Å². The average Bonchev–Trinajstić information content (AvgIpc) is 2.95. The van der Waals surface area contributed by atoms with Gasteiger partial charge in [0.05, 0.1) is 6.04 Å². The topological polar surface area (TPSA) is 69.0 Å². The van der Waals surface area contributed by atoms with Crippen LogP contribution in [-0.4, -0.2) is 27.7 Å². The highest BCUT2D eigenvalue weighted by Crippen LogP contribution is 2.22. The Labute approximate surface area is 151 Å². The molecule has 3 rings (SSSR count). The van der Waals surface area contributed by atoms with Crippen molar-refractivity contribution in [1.29, 1.82) is 0 Å². The molecule has 6 nitrogen and oxygen atoms in total. The van der Waals surface area contributed by atoms with E-state index in [-0.39, 0.29) is 18.6 Å². The summed E-state index contributed by atoms with van der Waals surface area (Å²) in [7, 11) is 0. The second-order valence-electron chi connectivity index (χ2n) is 5.18. The summed E-state index contributed by atoms with van der Waals surface area (Å²) in [5, 5.41) is 11.2. The minimum atomic E-state index is -0.260. The van der Waals surface area contributed by atoms with Crippen molar-refractivity contribution in [1.82, 2.24) is 20.5 Å². The van der Waals surface area contributed by atoms with Crippen LogP contribution in [0.4, 0.5) is 0 Å². The fourth-order valence-corrected chi connectivity index (χ4v) is 3.07. The molecule has 8 heteroatoms. The van der Waals surface area contributed by atoms with Gasteiger partial charge in [-0.3, -0.25) is 4.79 Å². The Balaban J connectivity index is 1.63. The van der Waals surface area contributed by atoms with Gasteiger partial charge in [0.2, 0.25) is 0 Å². The van der Waals surface area contributed by atoms with Crippen LogP contribution in [0.5, 0.6) is 0 Å². The van der Waals surface area contributed by atoms with E-state index in [1.165, 1.54) is 4.85 Å². The Morgan fingerprint density at radius 3 is 2.96 bits per heavy atom. The first-order valence-electron chi connectivity index (χ1n) is 7.22. The van der Waals surface area contributed by atoms with E-state index in [0.717, 1.165) is 10.0 Å². The molecule has 0 bridgehead atoms. The van der Waals surface area contributed by atoms with Gasteiger partial charge >= 0.3 is 0 Å². The molecule has 0 radical (unpaired) electrons. The summed E-state index contributed by atoms with van der Waals surface area (Å²) in [5.74, 6) is -0.260. The number of amides is 1. The highest BCUT2D eigenvalue weighted by molar-refractivity contribution is 9.10. The van der Waals surface area contributed by atoms with Crippen molar-refractivity contribution in [3.05, 3.63) is 57.5 Å². The second-order valence-corrected chi connectivity index (χ2v) is 6.47. The molecule has 0 spiro atoms. The summed E-state index contributed by atoms with van der Waals surface area (Å²) in [6, 6.07) is 12.7. The van der Waals surface area contributed by atoms with E-state index in [1.807, 2.05) is 31.2 Å². The van der Waals surface area contributed by atoms with Crippen LogP contribution in [0.15, 0.2) is 46.9 Å². The van der Waals surface area contributed by atoms with Crippen LogP contribution < -0.4 is 10.2 Å². The summed E-state index contributed by atoms with van der Waals surface area (Å²) in [4.78, 5) is 18.7. The van der Waals surface area contributed by atoms with E-state index in [1.54, 1.807) is 18.2 Å². The van der Waals surface area contributed by atoms with E-state index < -0.39 is 0 Å². The van der Waals surface area contributed by atoms with Gasteiger partial charge in [-0.15, -0.1) is 5.10 Å². The molecule has 0 aliphatic heterocycles. The normalized spacial score (nSPS) is 12.1. The van der Waals surface area contributed by atoms with Crippen LogP contribution in [0.3, 0.4) is 0 Å². The van der Waals surface area contributed by atoms with E-state index >= 15 is 0 Å². The number of nitrogens with zero attached hydrogens (tertiary/aromatic N) is 3. The van der Waals surface area contributed by atoms with Crippen LogP contribution in [0.2, 0.25) is 5.02 Å². The van der Waals surface area contributed by atoms with E-state index in [2.05, 4.69) is 31.6 Å². The fraction of sp³-hybridized carbons (Fsp3) is 0.188. The molecule has 1 N–H and O–H groups in total. The Kier molecular flexibility index (Phi) is 5.01. The molecule has 0 fully saturated rings. The third kappa shape index (κ3) is 3.68. The lowest BCUT2D eigenvalue weighted by atomic mass is 10.1. The monoisotopic (exact) mass is 408 g/mol. The Hall–Kier alpha value is -2.12. The maximum Gasteiger partial charge on any atom is 0.261 e. The van der Waals surface area contributed by atoms with Crippen LogP contribution >= 0.6 is 27.5 Å². The predicted molar refractivity (Wildman–Crippen MR) is 94.7 cm³/mol. The van der Waals surface area contributed by atoms with Crippen molar-refractivity contribution in [2.24, 2.45) is 0 Å². The molecule has 1 atom stereocenters. The number of carbonyl (C=O) groups excluding carboxylic acids is 1. The quantitative estimate of drug-likeness (QED) is 0.703. The second kappa shape index (κ2) is 7.19.